The minimum atomic E-state index is -0.431. The number of hydrogen-bond acceptors (Lipinski definition) is 3. The zero-order chi connectivity index (χ0) is 14.5. The summed E-state index contributed by atoms with van der Waals surface area (Å²) in [6, 6.07) is 5.68. The standard InChI is InChI=1S/C14H20BrNO3/c1-10-4-5-12(11(15)8-10)19-9-13(18)16-14(2,3)6-7-17/h4-5,8,17H,6-7,9H2,1-3H3,(H,16,18). The first-order valence-corrected chi connectivity index (χ1v) is 6.94. The van der Waals surface area contributed by atoms with Crippen LogP contribution in [-0.4, -0.2) is 29.8 Å². The number of benzene rings is 1. The van der Waals surface area contributed by atoms with Crippen molar-refractivity contribution in [1.29, 1.82) is 0 Å². The highest BCUT2D eigenvalue weighted by atomic mass is 79.9. The maximum Gasteiger partial charge on any atom is 0.258 e. The summed E-state index contributed by atoms with van der Waals surface area (Å²) in [4.78, 5) is 11.8. The molecule has 4 nitrogen and oxygen atoms in total. The number of ether oxygens (including phenoxy) is 1. The fourth-order valence-corrected chi connectivity index (χ4v) is 2.23. The average Bonchev–Trinajstić information content (AvgIpc) is 2.26. The van der Waals surface area contributed by atoms with Gasteiger partial charge in [0.1, 0.15) is 5.75 Å². The van der Waals surface area contributed by atoms with Gasteiger partial charge in [-0.25, -0.2) is 0 Å². The molecule has 106 valence electrons. The van der Waals surface area contributed by atoms with E-state index in [4.69, 9.17) is 9.84 Å². The van der Waals surface area contributed by atoms with E-state index in [0.29, 0.717) is 12.2 Å². The molecule has 0 spiro atoms. The largest absolute Gasteiger partial charge is 0.483 e. The number of carbonyl (C=O) groups excluding carboxylic acids is 1. The Labute approximate surface area is 122 Å². The number of hydrogen-bond donors (Lipinski definition) is 2. The maximum atomic E-state index is 11.8. The van der Waals surface area contributed by atoms with E-state index in [1.54, 1.807) is 0 Å². The number of aliphatic hydroxyl groups is 1. The summed E-state index contributed by atoms with van der Waals surface area (Å²) in [7, 11) is 0. The molecule has 0 aliphatic carbocycles. The molecule has 0 radical (unpaired) electrons. The van der Waals surface area contributed by atoms with E-state index in [-0.39, 0.29) is 19.1 Å². The number of halogens is 1. The predicted octanol–water partition coefficient (Wildman–Crippen LogP) is 2.41. The van der Waals surface area contributed by atoms with Crippen LogP contribution in [0.5, 0.6) is 5.75 Å². The van der Waals surface area contributed by atoms with Gasteiger partial charge in [-0.1, -0.05) is 6.07 Å². The zero-order valence-corrected chi connectivity index (χ0v) is 13.1. The molecular formula is C14H20BrNO3. The number of nitrogens with one attached hydrogen (secondary N) is 1. The van der Waals surface area contributed by atoms with Crippen LogP contribution < -0.4 is 10.1 Å². The molecule has 0 fully saturated rings. The molecule has 0 saturated carbocycles. The van der Waals surface area contributed by atoms with Crippen molar-refractivity contribution in [2.24, 2.45) is 0 Å². The van der Waals surface area contributed by atoms with Gasteiger partial charge < -0.3 is 15.2 Å². The topological polar surface area (TPSA) is 58.6 Å². The fourth-order valence-electron chi connectivity index (χ4n) is 1.62. The molecule has 1 amide bonds. The summed E-state index contributed by atoms with van der Waals surface area (Å²) in [5.74, 6) is 0.437. The van der Waals surface area contributed by atoms with Gasteiger partial charge in [0.25, 0.3) is 5.91 Å². The number of carbonyl (C=O) groups is 1. The second kappa shape index (κ2) is 6.91. The maximum absolute atomic E-state index is 11.8. The number of amides is 1. The lowest BCUT2D eigenvalue weighted by Crippen LogP contribution is -2.46. The van der Waals surface area contributed by atoms with Crippen LogP contribution in [0.2, 0.25) is 0 Å². The Balaban J connectivity index is 2.50. The van der Waals surface area contributed by atoms with E-state index >= 15 is 0 Å². The molecule has 1 aromatic rings. The Morgan fingerprint density at radius 3 is 2.74 bits per heavy atom. The van der Waals surface area contributed by atoms with E-state index in [1.165, 1.54) is 0 Å². The molecule has 19 heavy (non-hydrogen) atoms. The third-order valence-electron chi connectivity index (χ3n) is 2.66. The van der Waals surface area contributed by atoms with Crippen molar-refractivity contribution in [1.82, 2.24) is 5.32 Å². The highest BCUT2D eigenvalue weighted by Crippen LogP contribution is 2.25. The van der Waals surface area contributed by atoms with Crippen molar-refractivity contribution in [2.75, 3.05) is 13.2 Å². The van der Waals surface area contributed by atoms with E-state index in [2.05, 4.69) is 21.2 Å². The molecule has 2 N–H and O–H groups in total. The van der Waals surface area contributed by atoms with Gasteiger partial charge in [-0.3, -0.25) is 4.79 Å². The molecule has 0 atom stereocenters. The molecule has 0 aliphatic rings. The summed E-state index contributed by atoms with van der Waals surface area (Å²) in [5, 5.41) is 11.7. The lowest BCUT2D eigenvalue weighted by Gasteiger charge is -2.25. The molecule has 5 heteroatoms. The Morgan fingerprint density at radius 1 is 1.47 bits per heavy atom. The minimum absolute atomic E-state index is 0.0393. The van der Waals surface area contributed by atoms with Crippen molar-refractivity contribution < 1.29 is 14.6 Å². The van der Waals surface area contributed by atoms with Crippen molar-refractivity contribution in [3.8, 4) is 5.75 Å². The second-order valence-electron chi connectivity index (χ2n) is 5.13. The second-order valence-corrected chi connectivity index (χ2v) is 5.98. The predicted molar refractivity (Wildman–Crippen MR) is 78.3 cm³/mol. The van der Waals surface area contributed by atoms with Crippen LogP contribution in [0, 0.1) is 6.92 Å². The van der Waals surface area contributed by atoms with Crippen LogP contribution in [0.1, 0.15) is 25.8 Å². The number of aryl methyl sites for hydroxylation is 1. The van der Waals surface area contributed by atoms with Gasteiger partial charge in [-0.2, -0.15) is 0 Å². The van der Waals surface area contributed by atoms with Gasteiger partial charge >= 0.3 is 0 Å². The van der Waals surface area contributed by atoms with E-state index in [1.807, 2.05) is 39.0 Å². The molecular weight excluding hydrogens is 310 g/mol. The number of aliphatic hydroxyl groups excluding tert-OH is 1. The van der Waals surface area contributed by atoms with Crippen molar-refractivity contribution in [3.05, 3.63) is 28.2 Å². The van der Waals surface area contributed by atoms with Crippen LogP contribution in [0.15, 0.2) is 22.7 Å². The highest BCUT2D eigenvalue weighted by molar-refractivity contribution is 9.10. The molecule has 0 unspecified atom stereocenters. The van der Waals surface area contributed by atoms with Crippen LogP contribution >= 0.6 is 15.9 Å². The van der Waals surface area contributed by atoms with Crippen molar-refractivity contribution in [3.63, 3.8) is 0 Å². The summed E-state index contributed by atoms with van der Waals surface area (Å²) in [6.45, 7) is 5.71. The molecule has 0 bridgehead atoms. The normalized spacial score (nSPS) is 11.2. The van der Waals surface area contributed by atoms with E-state index in [9.17, 15) is 4.79 Å². The first kappa shape index (κ1) is 16.0. The van der Waals surface area contributed by atoms with Gasteiger partial charge in [0.2, 0.25) is 0 Å². The average molecular weight is 330 g/mol. The number of rotatable bonds is 6. The lowest BCUT2D eigenvalue weighted by atomic mass is 10.0. The van der Waals surface area contributed by atoms with Gasteiger partial charge in [-0.15, -0.1) is 0 Å². The summed E-state index contributed by atoms with van der Waals surface area (Å²) in [5.41, 5.74) is 0.687. The molecule has 0 aliphatic heterocycles. The fraction of sp³-hybridized carbons (Fsp3) is 0.500. The molecule has 0 saturated heterocycles. The van der Waals surface area contributed by atoms with Crippen LogP contribution in [-0.2, 0) is 4.79 Å². The first-order chi connectivity index (χ1) is 8.84. The summed E-state index contributed by atoms with van der Waals surface area (Å²) in [6.07, 6.45) is 0.507. The first-order valence-electron chi connectivity index (χ1n) is 6.15. The monoisotopic (exact) mass is 329 g/mol. The highest BCUT2D eigenvalue weighted by Gasteiger charge is 2.19. The Morgan fingerprint density at radius 2 is 2.16 bits per heavy atom. The third kappa shape index (κ3) is 5.61. The smallest absolute Gasteiger partial charge is 0.258 e. The summed E-state index contributed by atoms with van der Waals surface area (Å²) < 4.78 is 6.28. The minimum Gasteiger partial charge on any atom is -0.483 e. The van der Waals surface area contributed by atoms with Gasteiger partial charge in [0, 0.05) is 12.1 Å². The van der Waals surface area contributed by atoms with Crippen LogP contribution in [0.4, 0.5) is 0 Å². The van der Waals surface area contributed by atoms with Gasteiger partial charge in [0.05, 0.1) is 4.47 Å². The van der Waals surface area contributed by atoms with E-state index < -0.39 is 5.54 Å². The zero-order valence-electron chi connectivity index (χ0n) is 11.5. The Hall–Kier alpha value is -1.07. The molecule has 0 aromatic heterocycles. The van der Waals surface area contributed by atoms with Crippen molar-refractivity contribution in [2.45, 2.75) is 32.7 Å². The molecule has 1 rings (SSSR count). The van der Waals surface area contributed by atoms with Crippen molar-refractivity contribution >= 4 is 21.8 Å². The third-order valence-corrected chi connectivity index (χ3v) is 3.28. The van der Waals surface area contributed by atoms with Crippen LogP contribution in [0.25, 0.3) is 0 Å². The lowest BCUT2D eigenvalue weighted by molar-refractivity contribution is -0.124. The quantitative estimate of drug-likeness (QED) is 0.842. The summed E-state index contributed by atoms with van der Waals surface area (Å²) >= 11 is 3.39. The van der Waals surface area contributed by atoms with Gasteiger partial charge in [-0.05, 0) is 60.8 Å². The Bertz CT molecular complexity index is 446. The molecule has 1 aromatic carbocycles. The van der Waals surface area contributed by atoms with Gasteiger partial charge in [0.15, 0.2) is 6.61 Å². The SMILES string of the molecule is Cc1ccc(OCC(=O)NC(C)(C)CCO)c(Br)c1. The van der Waals surface area contributed by atoms with E-state index in [0.717, 1.165) is 10.0 Å². The molecule has 0 heterocycles. The Kier molecular flexibility index (Phi) is 5.82. The van der Waals surface area contributed by atoms with Crippen LogP contribution in [0.3, 0.4) is 0 Å².